The largest absolute Gasteiger partial charge is 0.376 e. The van der Waals surface area contributed by atoms with Crippen LogP contribution in [-0.4, -0.2) is 48.6 Å². The molecule has 2 fully saturated rings. The smallest absolute Gasteiger partial charge is 0.242 e. The summed E-state index contributed by atoms with van der Waals surface area (Å²) in [4.78, 5) is 24.8. The van der Waals surface area contributed by atoms with E-state index in [0.717, 1.165) is 19.4 Å². The molecule has 0 radical (unpaired) electrons. The van der Waals surface area contributed by atoms with E-state index in [0.29, 0.717) is 13.0 Å². The Balaban J connectivity index is 2.00. The average Bonchev–Trinajstić information content (AvgIpc) is 2.74. The van der Waals surface area contributed by atoms with Crippen molar-refractivity contribution >= 4 is 11.8 Å². The van der Waals surface area contributed by atoms with Gasteiger partial charge in [-0.2, -0.15) is 0 Å². The maximum atomic E-state index is 11.8. The van der Waals surface area contributed by atoms with Crippen molar-refractivity contribution in [2.24, 2.45) is 0 Å². The molecule has 2 saturated heterocycles. The van der Waals surface area contributed by atoms with Gasteiger partial charge < -0.3 is 15.0 Å². The number of hydrogen-bond acceptors (Lipinski definition) is 3. The molecule has 90 valence electrons. The van der Waals surface area contributed by atoms with Gasteiger partial charge >= 0.3 is 0 Å². The van der Waals surface area contributed by atoms with Gasteiger partial charge in [0, 0.05) is 19.6 Å². The van der Waals surface area contributed by atoms with E-state index in [1.54, 1.807) is 4.90 Å². The number of amides is 2. The molecule has 2 unspecified atom stereocenters. The third-order valence-electron chi connectivity index (χ3n) is 3.33. The van der Waals surface area contributed by atoms with Crippen molar-refractivity contribution in [2.45, 2.75) is 38.3 Å². The lowest BCUT2D eigenvalue weighted by Gasteiger charge is -2.31. The van der Waals surface area contributed by atoms with Crippen LogP contribution >= 0.6 is 0 Å². The zero-order valence-corrected chi connectivity index (χ0v) is 9.57. The molecule has 2 heterocycles. The van der Waals surface area contributed by atoms with Gasteiger partial charge in [-0.3, -0.25) is 9.59 Å². The normalized spacial score (nSPS) is 28.8. The second-order valence-electron chi connectivity index (χ2n) is 4.41. The summed E-state index contributed by atoms with van der Waals surface area (Å²) in [7, 11) is 0. The molecular formula is C11H18N2O3. The Kier molecular flexibility index (Phi) is 3.43. The average molecular weight is 226 g/mol. The van der Waals surface area contributed by atoms with Crippen molar-refractivity contribution < 1.29 is 14.3 Å². The summed E-state index contributed by atoms with van der Waals surface area (Å²) in [6.07, 6.45) is 2.60. The van der Waals surface area contributed by atoms with Gasteiger partial charge in [-0.1, -0.05) is 0 Å². The molecule has 2 aliphatic rings. The van der Waals surface area contributed by atoms with E-state index < -0.39 is 0 Å². The Hall–Kier alpha value is -1.10. The number of hydrogen-bond donors (Lipinski definition) is 1. The fourth-order valence-electron chi connectivity index (χ4n) is 2.33. The zero-order chi connectivity index (χ0) is 11.5. The van der Waals surface area contributed by atoms with Crippen LogP contribution in [-0.2, 0) is 14.3 Å². The third-order valence-corrected chi connectivity index (χ3v) is 3.33. The Bertz CT molecular complexity index is 287. The number of rotatable bonds is 2. The molecule has 0 aromatic rings. The monoisotopic (exact) mass is 226 g/mol. The lowest BCUT2D eigenvalue weighted by Crippen LogP contribution is -2.46. The Labute approximate surface area is 95.1 Å². The molecule has 0 aromatic heterocycles. The molecule has 2 atom stereocenters. The molecule has 2 aliphatic heterocycles. The van der Waals surface area contributed by atoms with Crippen molar-refractivity contribution in [3.8, 4) is 0 Å². The topological polar surface area (TPSA) is 58.6 Å². The SMILES string of the molecule is CC(C1CCCO1)N1CCC(=O)NCC1=O. The van der Waals surface area contributed by atoms with E-state index in [2.05, 4.69) is 5.32 Å². The lowest BCUT2D eigenvalue weighted by molar-refractivity contribution is -0.134. The first-order chi connectivity index (χ1) is 7.68. The number of nitrogens with one attached hydrogen (secondary N) is 1. The van der Waals surface area contributed by atoms with Crippen LogP contribution < -0.4 is 5.32 Å². The molecule has 2 rings (SSSR count). The summed E-state index contributed by atoms with van der Waals surface area (Å²) in [5, 5.41) is 2.60. The lowest BCUT2D eigenvalue weighted by atomic mass is 10.1. The molecule has 5 nitrogen and oxygen atoms in total. The summed E-state index contributed by atoms with van der Waals surface area (Å²) >= 11 is 0. The van der Waals surface area contributed by atoms with Crippen LogP contribution in [0.25, 0.3) is 0 Å². The maximum Gasteiger partial charge on any atom is 0.242 e. The highest BCUT2D eigenvalue weighted by molar-refractivity contribution is 5.87. The summed E-state index contributed by atoms with van der Waals surface area (Å²) in [5.74, 6) is -0.0516. The van der Waals surface area contributed by atoms with Crippen LogP contribution in [0.2, 0.25) is 0 Å². The fraction of sp³-hybridized carbons (Fsp3) is 0.818. The molecule has 5 heteroatoms. The van der Waals surface area contributed by atoms with Crippen molar-refractivity contribution in [3.63, 3.8) is 0 Å². The molecule has 0 bridgehead atoms. The first-order valence-electron chi connectivity index (χ1n) is 5.86. The maximum absolute atomic E-state index is 11.8. The Morgan fingerprint density at radius 1 is 1.50 bits per heavy atom. The number of carbonyl (C=O) groups excluding carboxylic acids is 2. The standard InChI is InChI=1S/C11H18N2O3/c1-8(9-3-2-6-16-9)13-5-4-10(14)12-7-11(13)15/h8-9H,2-7H2,1H3,(H,12,14). The number of ether oxygens (including phenoxy) is 1. The molecule has 0 saturated carbocycles. The minimum absolute atomic E-state index is 0.00569. The van der Waals surface area contributed by atoms with E-state index in [1.165, 1.54) is 0 Å². The van der Waals surface area contributed by atoms with E-state index in [4.69, 9.17) is 4.74 Å². The highest BCUT2D eigenvalue weighted by atomic mass is 16.5. The van der Waals surface area contributed by atoms with Crippen LogP contribution in [0.1, 0.15) is 26.2 Å². The van der Waals surface area contributed by atoms with Gasteiger partial charge in [0.1, 0.15) is 0 Å². The second kappa shape index (κ2) is 4.82. The predicted octanol–water partition coefficient (Wildman–Crippen LogP) is -0.0976. The van der Waals surface area contributed by atoms with Crippen LogP contribution in [0.15, 0.2) is 0 Å². The van der Waals surface area contributed by atoms with E-state index in [9.17, 15) is 9.59 Å². The van der Waals surface area contributed by atoms with Crippen LogP contribution in [0.5, 0.6) is 0 Å². The van der Waals surface area contributed by atoms with Gasteiger partial charge in [0.05, 0.1) is 18.7 Å². The highest BCUT2D eigenvalue weighted by Crippen LogP contribution is 2.20. The van der Waals surface area contributed by atoms with Gasteiger partial charge in [0.15, 0.2) is 0 Å². The molecule has 0 aromatic carbocycles. The van der Waals surface area contributed by atoms with Gasteiger partial charge in [-0.25, -0.2) is 0 Å². The van der Waals surface area contributed by atoms with E-state index in [1.807, 2.05) is 6.92 Å². The van der Waals surface area contributed by atoms with Gasteiger partial charge in [-0.15, -0.1) is 0 Å². The van der Waals surface area contributed by atoms with Gasteiger partial charge in [-0.05, 0) is 19.8 Å². The van der Waals surface area contributed by atoms with Crippen molar-refractivity contribution in [2.75, 3.05) is 19.7 Å². The van der Waals surface area contributed by atoms with Crippen LogP contribution in [0.4, 0.5) is 0 Å². The van der Waals surface area contributed by atoms with E-state index in [-0.39, 0.29) is 30.5 Å². The fourth-order valence-corrected chi connectivity index (χ4v) is 2.33. The Morgan fingerprint density at radius 2 is 2.31 bits per heavy atom. The molecular weight excluding hydrogens is 208 g/mol. The summed E-state index contributed by atoms with van der Waals surface area (Å²) < 4.78 is 5.58. The van der Waals surface area contributed by atoms with Crippen LogP contribution in [0.3, 0.4) is 0 Å². The predicted molar refractivity (Wildman–Crippen MR) is 57.8 cm³/mol. The quantitative estimate of drug-likeness (QED) is 0.715. The summed E-state index contributed by atoms with van der Waals surface area (Å²) in [6, 6.07) is 0.0719. The first kappa shape index (κ1) is 11.4. The summed E-state index contributed by atoms with van der Waals surface area (Å²) in [6.45, 7) is 3.42. The zero-order valence-electron chi connectivity index (χ0n) is 9.57. The summed E-state index contributed by atoms with van der Waals surface area (Å²) in [5.41, 5.74) is 0. The molecule has 2 amide bonds. The minimum Gasteiger partial charge on any atom is -0.376 e. The Morgan fingerprint density at radius 3 is 3.00 bits per heavy atom. The van der Waals surface area contributed by atoms with E-state index >= 15 is 0 Å². The van der Waals surface area contributed by atoms with Crippen molar-refractivity contribution in [1.29, 1.82) is 0 Å². The number of nitrogens with zero attached hydrogens (tertiary/aromatic N) is 1. The van der Waals surface area contributed by atoms with Gasteiger partial charge in [0.2, 0.25) is 11.8 Å². The third kappa shape index (κ3) is 2.35. The second-order valence-corrected chi connectivity index (χ2v) is 4.41. The van der Waals surface area contributed by atoms with Gasteiger partial charge in [0.25, 0.3) is 0 Å². The molecule has 16 heavy (non-hydrogen) atoms. The van der Waals surface area contributed by atoms with Crippen molar-refractivity contribution in [3.05, 3.63) is 0 Å². The van der Waals surface area contributed by atoms with Crippen LogP contribution in [0, 0.1) is 0 Å². The first-order valence-corrected chi connectivity index (χ1v) is 5.86. The highest BCUT2D eigenvalue weighted by Gasteiger charge is 2.31. The number of carbonyl (C=O) groups is 2. The molecule has 1 N–H and O–H groups in total. The minimum atomic E-state index is -0.0459. The van der Waals surface area contributed by atoms with Crippen molar-refractivity contribution in [1.82, 2.24) is 10.2 Å². The molecule has 0 aliphatic carbocycles. The molecule has 0 spiro atoms.